The molecule has 0 aromatic carbocycles. The zero-order valence-corrected chi connectivity index (χ0v) is 10.3. The van der Waals surface area contributed by atoms with E-state index in [9.17, 15) is 31.2 Å². The van der Waals surface area contributed by atoms with Crippen LogP contribution in [0.2, 0.25) is 0 Å². The fourth-order valence-corrected chi connectivity index (χ4v) is 5.21. The van der Waals surface area contributed by atoms with Crippen LogP contribution in [0.25, 0.3) is 0 Å². The molecule has 0 aromatic heterocycles. The molecule has 108 valence electrons. The van der Waals surface area contributed by atoms with Crippen molar-refractivity contribution in [3.05, 3.63) is 0 Å². The van der Waals surface area contributed by atoms with Crippen LogP contribution in [0.5, 0.6) is 0 Å². The number of aliphatic carboxylic acids is 1. The van der Waals surface area contributed by atoms with Gasteiger partial charge in [-0.15, -0.1) is 0 Å². The maximum atomic E-state index is 12.5. The van der Waals surface area contributed by atoms with Gasteiger partial charge in [-0.1, -0.05) is 0 Å². The number of alkyl halides is 3. The largest absolute Gasteiger partial charge is 0.479 e. The maximum Gasteiger partial charge on any atom is 0.471 e. The number of sulfone groups is 1. The van der Waals surface area contributed by atoms with Crippen molar-refractivity contribution >= 4 is 21.7 Å². The van der Waals surface area contributed by atoms with Gasteiger partial charge in [-0.25, -0.2) is 13.2 Å². The number of carbonyl (C=O) groups is 2. The maximum absolute atomic E-state index is 12.5. The summed E-state index contributed by atoms with van der Waals surface area (Å²) in [6.45, 7) is -0.398. The second-order valence-electron chi connectivity index (χ2n) is 4.72. The molecule has 1 N–H and O–H groups in total. The quantitative estimate of drug-likeness (QED) is 0.714. The lowest BCUT2D eigenvalue weighted by molar-refractivity contribution is -0.192. The fraction of sp³-hybridized carbons (Fsp3) is 0.778. The SMILES string of the molecule is O=C(N1CC[C@@H]2CS(=O)(=O)C[C@@]21C(=O)O)C(F)(F)F. The molecule has 0 spiro atoms. The summed E-state index contributed by atoms with van der Waals surface area (Å²) in [5, 5.41) is 9.17. The van der Waals surface area contributed by atoms with Gasteiger partial charge < -0.3 is 10.0 Å². The number of carboxylic acids is 1. The van der Waals surface area contributed by atoms with Crippen LogP contribution in [0.1, 0.15) is 6.42 Å². The number of likely N-dealkylation sites (tertiary alicyclic amines) is 1. The Morgan fingerprint density at radius 3 is 2.37 bits per heavy atom. The first-order chi connectivity index (χ1) is 8.51. The van der Waals surface area contributed by atoms with Crippen LogP contribution < -0.4 is 0 Å². The highest BCUT2D eigenvalue weighted by Gasteiger charge is 2.66. The van der Waals surface area contributed by atoms with Crippen molar-refractivity contribution in [2.75, 3.05) is 18.1 Å². The second-order valence-corrected chi connectivity index (χ2v) is 6.83. The number of hydrogen-bond donors (Lipinski definition) is 1. The molecule has 0 aromatic rings. The van der Waals surface area contributed by atoms with Gasteiger partial charge in [0.1, 0.15) is 0 Å². The van der Waals surface area contributed by atoms with Crippen molar-refractivity contribution in [1.29, 1.82) is 0 Å². The van der Waals surface area contributed by atoms with Crippen LogP contribution in [0.15, 0.2) is 0 Å². The number of rotatable bonds is 1. The molecule has 2 atom stereocenters. The highest BCUT2D eigenvalue weighted by Crippen LogP contribution is 2.44. The van der Waals surface area contributed by atoms with Gasteiger partial charge in [-0.3, -0.25) is 4.79 Å². The molecular weight excluding hydrogens is 291 g/mol. The highest BCUT2D eigenvalue weighted by atomic mass is 32.2. The first kappa shape index (κ1) is 14.1. The van der Waals surface area contributed by atoms with E-state index in [-0.39, 0.29) is 11.3 Å². The van der Waals surface area contributed by atoms with E-state index in [0.29, 0.717) is 0 Å². The molecule has 6 nitrogen and oxygen atoms in total. The summed E-state index contributed by atoms with van der Waals surface area (Å²) in [7, 11) is -3.76. The number of halogens is 3. The van der Waals surface area contributed by atoms with E-state index in [2.05, 4.69) is 0 Å². The third-order valence-corrected chi connectivity index (χ3v) is 5.40. The third kappa shape index (κ3) is 1.97. The Balaban J connectivity index is 2.48. The van der Waals surface area contributed by atoms with E-state index in [4.69, 9.17) is 5.11 Å². The predicted octanol–water partition coefficient (Wildman–Crippen LogP) is -0.351. The van der Waals surface area contributed by atoms with Crippen LogP contribution in [0.3, 0.4) is 0 Å². The molecule has 2 aliphatic rings. The number of nitrogens with zero attached hydrogens (tertiary/aromatic N) is 1. The Kier molecular flexibility index (Phi) is 2.85. The molecular formula is C9H10F3NO5S. The fourth-order valence-electron chi connectivity index (χ4n) is 2.85. The normalized spacial score (nSPS) is 33.2. The predicted molar refractivity (Wildman–Crippen MR) is 54.9 cm³/mol. The van der Waals surface area contributed by atoms with E-state index in [1.807, 2.05) is 0 Å². The van der Waals surface area contributed by atoms with Gasteiger partial charge in [0.2, 0.25) is 0 Å². The number of fused-ring (bicyclic) bond motifs is 1. The Morgan fingerprint density at radius 2 is 1.89 bits per heavy atom. The van der Waals surface area contributed by atoms with Gasteiger partial charge in [-0.2, -0.15) is 13.2 Å². The highest BCUT2D eigenvalue weighted by molar-refractivity contribution is 7.91. The molecule has 0 saturated carbocycles. The average Bonchev–Trinajstić information content (AvgIpc) is 2.66. The molecule has 1 amide bonds. The summed E-state index contributed by atoms with van der Waals surface area (Å²) in [5.74, 6) is -6.44. The van der Waals surface area contributed by atoms with E-state index in [1.165, 1.54) is 0 Å². The van der Waals surface area contributed by atoms with Gasteiger partial charge in [0.15, 0.2) is 15.4 Å². The van der Waals surface area contributed by atoms with E-state index >= 15 is 0 Å². The standard InChI is InChI=1S/C9H10F3NO5S/c10-9(11,12)6(14)13-2-1-5-3-19(17,18)4-8(5,13)7(15)16/h5H,1-4H2,(H,15,16)/t5-,8+/m1/s1. The summed E-state index contributed by atoms with van der Waals surface area (Å²) in [4.78, 5) is 22.7. The van der Waals surface area contributed by atoms with Gasteiger partial charge in [0.25, 0.3) is 0 Å². The summed E-state index contributed by atoms with van der Waals surface area (Å²) >= 11 is 0. The summed E-state index contributed by atoms with van der Waals surface area (Å²) in [6.07, 6.45) is -5.28. The van der Waals surface area contributed by atoms with Crippen molar-refractivity contribution in [1.82, 2.24) is 4.90 Å². The topological polar surface area (TPSA) is 91.8 Å². The molecule has 2 rings (SSSR count). The van der Waals surface area contributed by atoms with Gasteiger partial charge >= 0.3 is 18.1 Å². The molecule has 0 radical (unpaired) electrons. The smallest absolute Gasteiger partial charge is 0.471 e. The van der Waals surface area contributed by atoms with Crippen molar-refractivity contribution in [3.63, 3.8) is 0 Å². The first-order valence-corrected chi connectivity index (χ1v) is 7.15. The molecule has 19 heavy (non-hydrogen) atoms. The zero-order valence-electron chi connectivity index (χ0n) is 9.48. The van der Waals surface area contributed by atoms with Crippen LogP contribution in [-0.2, 0) is 19.4 Å². The lowest BCUT2D eigenvalue weighted by Gasteiger charge is -2.33. The molecule has 2 heterocycles. The van der Waals surface area contributed by atoms with Crippen LogP contribution in [0.4, 0.5) is 13.2 Å². The molecule has 2 aliphatic heterocycles. The van der Waals surface area contributed by atoms with Gasteiger partial charge in [-0.05, 0) is 6.42 Å². The Labute approximate surface area is 106 Å². The minimum Gasteiger partial charge on any atom is -0.479 e. The number of hydrogen-bond acceptors (Lipinski definition) is 4. The third-order valence-electron chi connectivity index (χ3n) is 3.61. The Morgan fingerprint density at radius 1 is 1.32 bits per heavy atom. The lowest BCUT2D eigenvalue weighted by Crippen LogP contribution is -2.59. The molecule has 0 unspecified atom stereocenters. The summed E-state index contributed by atoms with van der Waals surface area (Å²) in [6, 6.07) is 0. The van der Waals surface area contributed by atoms with Crippen molar-refractivity contribution < 1.29 is 36.3 Å². The molecule has 2 fully saturated rings. The van der Waals surface area contributed by atoms with Gasteiger partial charge in [0.05, 0.1) is 11.5 Å². The van der Waals surface area contributed by atoms with Crippen molar-refractivity contribution in [3.8, 4) is 0 Å². The monoisotopic (exact) mass is 301 g/mol. The Bertz CT molecular complexity index is 543. The van der Waals surface area contributed by atoms with Crippen molar-refractivity contribution in [2.45, 2.75) is 18.1 Å². The lowest BCUT2D eigenvalue weighted by atomic mass is 9.88. The zero-order chi connectivity index (χ0) is 14.6. The van der Waals surface area contributed by atoms with Gasteiger partial charge in [0, 0.05) is 12.5 Å². The summed E-state index contributed by atoms with van der Waals surface area (Å²) in [5.41, 5.74) is -2.27. The van der Waals surface area contributed by atoms with E-state index < -0.39 is 57.4 Å². The van der Waals surface area contributed by atoms with Crippen molar-refractivity contribution in [2.24, 2.45) is 5.92 Å². The number of carboxylic acid groups (broad SMARTS) is 1. The Hall–Kier alpha value is -1.32. The van der Waals surface area contributed by atoms with Crippen LogP contribution in [-0.4, -0.2) is 60.1 Å². The first-order valence-electron chi connectivity index (χ1n) is 5.33. The van der Waals surface area contributed by atoms with E-state index in [0.717, 1.165) is 0 Å². The summed E-state index contributed by atoms with van der Waals surface area (Å²) < 4.78 is 60.3. The number of carbonyl (C=O) groups excluding carboxylic acids is 1. The average molecular weight is 301 g/mol. The molecule has 10 heteroatoms. The molecule has 0 bridgehead atoms. The molecule has 2 saturated heterocycles. The number of amides is 1. The second kappa shape index (κ2) is 3.84. The van der Waals surface area contributed by atoms with Crippen LogP contribution >= 0.6 is 0 Å². The van der Waals surface area contributed by atoms with E-state index in [1.54, 1.807) is 0 Å². The molecule has 0 aliphatic carbocycles. The minimum atomic E-state index is -5.22. The van der Waals surface area contributed by atoms with Crippen LogP contribution in [0, 0.1) is 5.92 Å². The minimum absolute atomic E-state index is 0.0622.